The number of hydrogen-bond donors (Lipinski definition) is 2. The maximum atomic E-state index is 11.0. The molecule has 0 aliphatic heterocycles. The molecule has 1 heterocycles. The van der Waals surface area contributed by atoms with Gasteiger partial charge in [-0.05, 0) is 6.07 Å². The summed E-state index contributed by atoms with van der Waals surface area (Å²) in [6, 6.07) is 2.59. The average Bonchev–Trinajstić information content (AvgIpc) is 2.61. The van der Waals surface area contributed by atoms with Crippen molar-refractivity contribution in [3.05, 3.63) is 34.0 Å². The second kappa shape index (κ2) is 3.05. The summed E-state index contributed by atoms with van der Waals surface area (Å²) in [5.41, 5.74) is 5.09. The number of carbonyl (C=O) groups is 1. The number of fused-ring (bicyclic) bond motifs is 1. The first-order chi connectivity index (χ1) is 7.09. The number of aromatic amines is 1. The largest absolute Gasteiger partial charge is 0.365 e. The molecule has 0 aliphatic carbocycles. The van der Waals surface area contributed by atoms with Gasteiger partial charge in [0.05, 0.1) is 16.6 Å². The maximum absolute atomic E-state index is 11.0. The summed E-state index contributed by atoms with van der Waals surface area (Å²) in [5.74, 6) is -0.829. The van der Waals surface area contributed by atoms with E-state index in [1.165, 1.54) is 18.3 Å². The van der Waals surface area contributed by atoms with Crippen LogP contribution in [0, 0.1) is 10.1 Å². The summed E-state index contributed by atoms with van der Waals surface area (Å²) in [6.45, 7) is 0. The molecule has 7 nitrogen and oxygen atoms in total. The highest BCUT2D eigenvalue weighted by Crippen LogP contribution is 2.23. The Hall–Kier alpha value is -2.44. The van der Waals surface area contributed by atoms with Gasteiger partial charge < -0.3 is 5.73 Å². The molecular weight excluding hydrogens is 200 g/mol. The molecular formula is C8H6N4O3. The molecule has 1 amide bonds. The summed E-state index contributed by atoms with van der Waals surface area (Å²) >= 11 is 0. The van der Waals surface area contributed by atoms with E-state index in [0.29, 0.717) is 10.9 Å². The van der Waals surface area contributed by atoms with Gasteiger partial charge in [0.15, 0.2) is 0 Å². The highest BCUT2D eigenvalue weighted by atomic mass is 16.6. The number of H-pyrrole nitrogens is 1. The number of benzene rings is 1. The number of primary amides is 1. The molecule has 0 fully saturated rings. The lowest BCUT2D eigenvalue weighted by Gasteiger charge is -1.98. The SMILES string of the molecule is NC(=O)c1cc2cn[nH]c2cc1[N+](=O)[O-]. The Kier molecular flexibility index (Phi) is 1.86. The summed E-state index contributed by atoms with van der Waals surface area (Å²) in [4.78, 5) is 21.0. The Morgan fingerprint density at radius 2 is 2.27 bits per heavy atom. The number of hydrogen-bond acceptors (Lipinski definition) is 4. The molecule has 15 heavy (non-hydrogen) atoms. The molecule has 2 rings (SSSR count). The maximum Gasteiger partial charge on any atom is 0.284 e. The van der Waals surface area contributed by atoms with Crippen molar-refractivity contribution < 1.29 is 9.72 Å². The third kappa shape index (κ3) is 1.39. The van der Waals surface area contributed by atoms with Crippen LogP contribution in [-0.4, -0.2) is 21.0 Å². The zero-order valence-electron chi connectivity index (χ0n) is 7.43. The number of nitrogens with one attached hydrogen (secondary N) is 1. The van der Waals surface area contributed by atoms with E-state index in [4.69, 9.17) is 5.73 Å². The van der Waals surface area contributed by atoms with Gasteiger partial charge in [-0.15, -0.1) is 0 Å². The molecule has 0 radical (unpaired) electrons. The molecule has 76 valence electrons. The molecule has 0 spiro atoms. The standard InChI is InChI=1S/C8H6N4O3/c9-8(13)5-1-4-3-10-11-6(4)2-7(5)12(14)15/h1-3H,(H2,9,13)(H,10,11). The molecule has 0 saturated heterocycles. The summed E-state index contributed by atoms with van der Waals surface area (Å²) in [6.07, 6.45) is 1.46. The van der Waals surface area contributed by atoms with Gasteiger partial charge in [-0.25, -0.2) is 0 Å². The highest BCUT2D eigenvalue weighted by molar-refractivity contribution is 6.01. The lowest BCUT2D eigenvalue weighted by atomic mass is 10.1. The molecule has 3 N–H and O–H groups in total. The lowest BCUT2D eigenvalue weighted by Crippen LogP contribution is -2.13. The quantitative estimate of drug-likeness (QED) is 0.551. The molecule has 2 aromatic rings. The Bertz CT molecular complexity index is 512. The van der Waals surface area contributed by atoms with E-state index in [9.17, 15) is 14.9 Å². The number of carbonyl (C=O) groups excluding carboxylic acids is 1. The van der Waals surface area contributed by atoms with E-state index in [1.54, 1.807) is 0 Å². The molecule has 0 unspecified atom stereocenters. The number of nitrogens with two attached hydrogens (primary N) is 1. The van der Waals surface area contributed by atoms with Crippen molar-refractivity contribution in [3.8, 4) is 0 Å². The first-order valence-corrected chi connectivity index (χ1v) is 4.01. The van der Waals surface area contributed by atoms with Gasteiger partial charge in [0, 0.05) is 11.5 Å². The van der Waals surface area contributed by atoms with Crippen molar-refractivity contribution in [1.29, 1.82) is 0 Å². The van der Waals surface area contributed by atoms with Crippen LogP contribution in [-0.2, 0) is 0 Å². The fourth-order valence-corrected chi connectivity index (χ4v) is 1.33. The summed E-state index contributed by atoms with van der Waals surface area (Å²) in [7, 11) is 0. The highest BCUT2D eigenvalue weighted by Gasteiger charge is 2.19. The average molecular weight is 206 g/mol. The van der Waals surface area contributed by atoms with Crippen molar-refractivity contribution in [2.45, 2.75) is 0 Å². The van der Waals surface area contributed by atoms with Gasteiger partial charge >= 0.3 is 0 Å². The van der Waals surface area contributed by atoms with Crippen LogP contribution in [0.4, 0.5) is 5.69 Å². The molecule has 7 heteroatoms. The van der Waals surface area contributed by atoms with Gasteiger partial charge in [-0.1, -0.05) is 0 Å². The van der Waals surface area contributed by atoms with Crippen LogP contribution in [0.2, 0.25) is 0 Å². The Morgan fingerprint density at radius 3 is 2.87 bits per heavy atom. The zero-order valence-corrected chi connectivity index (χ0v) is 7.43. The van der Waals surface area contributed by atoms with Crippen LogP contribution in [0.3, 0.4) is 0 Å². The van der Waals surface area contributed by atoms with Crippen LogP contribution in [0.15, 0.2) is 18.3 Å². The van der Waals surface area contributed by atoms with Gasteiger partial charge in [0.1, 0.15) is 5.56 Å². The molecule has 0 atom stereocenters. The van der Waals surface area contributed by atoms with E-state index in [1.807, 2.05) is 0 Å². The number of amides is 1. The summed E-state index contributed by atoms with van der Waals surface area (Å²) < 4.78 is 0. The van der Waals surface area contributed by atoms with Crippen molar-refractivity contribution in [2.24, 2.45) is 5.73 Å². The smallest absolute Gasteiger partial charge is 0.284 e. The third-order valence-electron chi connectivity index (χ3n) is 2.02. The van der Waals surface area contributed by atoms with Crippen molar-refractivity contribution >= 4 is 22.5 Å². The minimum absolute atomic E-state index is 0.117. The monoisotopic (exact) mass is 206 g/mol. The zero-order chi connectivity index (χ0) is 11.0. The molecule has 0 bridgehead atoms. The normalized spacial score (nSPS) is 10.4. The van der Waals surface area contributed by atoms with Crippen LogP contribution in [0.5, 0.6) is 0 Å². The van der Waals surface area contributed by atoms with Crippen LogP contribution in [0.25, 0.3) is 10.9 Å². The minimum Gasteiger partial charge on any atom is -0.365 e. The fraction of sp³-hybridized carbons (Fsp3) is 0. The first-order valence-electron chi connectivity index (χ1n) is 4.01. The predicted molar refractivity (Wildman–Crippen MR) is 51.3 cm³/mol. The van der Waals surface area contributed by atoms with Crippen molar-refractivity contribution in [3.63, 3.8) is 0 Å². The number of nitro groups is 1. The summed E-state index contributed by atoms with van der Waals surface area (Å²) in [5, 5.41) is 17.5. The van der Waals surface area contributed by atoms with Gasteiger partial charge in [-0.3, -0.25) is 20.0 Å². The van der Waals surface area contributed by atoms with Crippen LogP contribution < -0.4 is 5.73 Å². The topological polar surface area (TPSA) is 115 Å². The predicted octanol–water partition coefficient (Wildman–Crippen LogP) is 0.570. The van der Waals surface area contributed by atoms with Crippen molar-refractivity contribution in [2.75, 3.05) is 0 Å². The number of nitrogens with zero attached hydrogens (tertiary/aromatic N) is 2. The third-order valence-corrected chi connectivity index (χ3v) is 2.02. The molecule has 0 saturated carbocycles. The number of rotatable bonds is 2. The minimum atomic E-state index is -0.829. The number of nitro benzene ring substituents is 1. The molecule has 1 aromatic carbocycles. The lowest BCUT2D eigenvalue weighted by molar-refractivity contribution is -0.385. The van der Waals surface area contributed by atoms with E-state index in [0.717, 1.165) is 0 Å². The Labute approximate surface area is 83.0 Å². The van der Waals surface area contributed by atoms with E-state index in [2.05, 4.69) is 10.2 Å². The van der Waals surface area contributed by atoms with Gasteiger partial charge in [-0.2, -0.15) is 5.10 Å². The van der Waals surface area contributed by atoms with Gasteiger partial charge in [0.2, 0.25) is 0 Å². The first kappa shape index (κ1) is 9.13. The Morgan fingerprint density at radius 1 is 1.53 bits per heavy atom. The van der Waals surface area contributed by atoms with Gasteiger partial charge in [0.25, 0.3) is 11.6 Å². The van der Waals surface area contributed by atoms with Crippen LogP contribution in [0.1, 0.15) is 10.4 Å². The van der Waals surface area contributed by atoms with Crippen LogP contribution >= 0.6 is 0 Å². The fourth-order valence-electron chi connectivity index (χ4n) is 1.33. The van der Waals surface area contributed by atoms with E-state index < -0.39 is 10.8 Å². The second-order valence-corrected chi connectivity index (χ2v) is 2.95. The Balaban J connectivity index is 2.79. The second-order valence-electron chi connectivity index (χ2n) is 2.95. The van der Waals surface area contributed by atoms with E-state index >= 15 is 0 Å². The van der Waals surface area contributed by atoms with Crippen molar-refractivity contribution in [1.82, 2.24) is 10.2 Å². The molecule has 0 aliphatic rings. The van der Waals surface area contributed by atoms with E-state index in [-0.39, 0.29) is 11.3 Å². The number of aromatic nitrogens is 2. The molecule has 1 aromatic heterocycles.